The molecule has 2 heterocycles. The molecule has 4 aromatic rings. The molecule has 1 amide bonds. The quantitative estimate of drug-likeness (QED) is 0.198. The maximum Gasteiger partial charge on any atom is 0.248 e. The third-order valence-corrected chi connectivity index (χ3v) is 4.89. The molecule has 10 heteroatoms. The zero-order valence-electron chi connectivity index (χ0n) is 39.8. The number of anilines is 3. The third kappa shape index (κ3) is 7.72. The Hall–Kier alpha value is -4.65. The van der Waals surface area contributed by atoms with E-state index >= 15 is 0 Å². The number of carbonyl (C=O) groups excluding carboxylic acids is 1. The number of benzene rings is 2. The lowest BCUT2D eigenvalue weighted by molar-refractivity contribution is -0.111. The Balaban J connectivity index is 2.04. The second-order valence-corrected chi connectivity index (χ2v) is 8.24. The number of rotatable bonds is 11. The Morgan fingerprint density at radius 3 is 2.85 bits per heavy atom. The van der Waals surface area contributed by atoms with Crippen LogP contribution in [-0.4, -0.2) is 47.9 Å². The number of hydrogen-bond acceptors (Lipinski definition) is 8. The Morgan fingerprint density at radius 2 is 2.10 bits per heavy atom. The van der Waals surface area contributed by atoms with Crippen molar-refractivity contribution in [2.75, 3.05) is 37.8 Å². The van der Waals surface area contributed by atoms with Crippen molar-refractivity contribution < 1.29 is 39.0 Å². The zero-order valence-corrected chi connectivity index (χ0v) is 22.6. The predicted molar refractivity (Wildman–Crippen MR) is 162 cm³/mol. The molecule has 0 saturated heterocycles. The summed E-state index contributed by atoms with van der Waals surface area (Å²) in [5.41, 5.74) is -4.87. The molecule has 2 aromatic carbocycles. The number of nitrogens with zero attached hydrogens (tertiary/aromatic N) is 4. The van der Waals surface area contributed by atoms with Crippen molar-refractivity contribution in [1.29, 1.82) is 5.26 Å². The molecule has 0 unspecified atom stereocenters. The largest absolute Gasteiger partial charge is 0.492 e. The van der Waals surface area contributed by atoms with Gasteiger partial charge in [0.05, 0.1) is 60.3 Å². The average molecular weight is 589 g/mol. The lowest BCUT2D eigenvalue weighted by Crippen LogP contribution is -2.13. The Kier molecular flexibility index (Phi) is 4.59. The van der Waals surface area contributed by atoms with Gasteiger partial charge < -0.3 is 25.0 Å². The summed E-state index contributed by atoms with van der Waals surface area (Å²) < 4.78 is 161. The fraction of sp³-hybridized carbons (Fsp3) is 0.226. The lowest BCUT2D eigenvalue weighted by atomic mass is 10.1. The van der Waals surface area contributed by atoms with E-state index in [2.05, 4.69) is 15.3 Å². The number of likely N-dealkylation sites (N-methyl/N-ethyl adjacent to an activating group) is 1. The number of nitriles is 1. The van der Waals surface area contributed by atoms with E-state index in [1.807, 2.05) is 0 Å². The molecular formula is C31H31ClN6O3. The van der Waals surface area contributed by atoms with Gasteiger partial charge in [0.25, 0.3) is 0 Å². The van der Waals surface area contributed by atoms with Gasteiger partial charge in [0.2, 0.25) is 5.91 Å². The number of aryl methyl sites for hydroxylation is 1. The molecule has 0 bridgehead atoms. The molecule has 0 fully saturated rings. The van der Waals surface area contributed by atoms with Crippen molar-refractivity contribution in [1.82, 2.24) is 14.9 Å². The first-order chi connectivity index (χ1) is 26.9. The minimum Gasteiger partial charge on any atom is -0.492 e. The van der Waals surface area contributed by atoms with Crippen molar-refractivity contribution in [3.05, 3.63) is 88.6 Å². The number of pyridine rings is 2. The second kappa shape index (κ2) is 13.6. The predicted octanol–water partition coefficient (Wildman–Crippen LogP) is 6.24. The van der Waals surface area contributed by atoms with E-state index in [1.54, 1.807) is 6.07 Å². The smallest absolute Gasteiger partial charge is 0.248 e. The van der Waals surface area contributed by atoms with Crippen LogP contribution in [0.4, 0.5) is 17.1 Å². The van der Waals surface area contributed by atoms with Crippen LogP contribution >= 0.6 is 11.6 Å². The van der Waals surface area contributed by atoms with Crippen molar-refractivity contribution >= 4 is 45.5 Å². The van der Waals surface area contributed by atoms with Gasteiger partial charge in [0.15, 0.2) is 1.41 Å². The molecule has 0 spiro atoms. The Morgan fingerprint density at radius 1 is 1.27 bits per heavy atom. The first-order valence-corrected chi connectivity index (χ1v) is 11.8. The lowest BCUT2D eigenvalue weighted by Gasteiger charge is -2.16. The van der Waals surface area contributed by atoms with E-state index in [0.717, 1.165) is 11.8 Å². The number of carbonyl (C=O) groups is 1. The molecule has 0 atom stereocenters. The Bertz CT molecular complexity index is 2480. The van der Waals surface area contributed by atoms with Crippen molar-refractivity contribution in [3.8, 4) is 17.6 Å². The summed E-state index contributed by atoms with van der Waals surface area (Å²) in [5, 5.41) is 10.9. The summed E-state index contributed by atoms with van der Waals surface area (Å²) in [5.74, 6) is -3.68. The van der Waals surface area contributed by atoms with Crippen LogP contribution in [0, 0.1) is 18.3 Å². The number of amides is 1. The minimum absolute atomic E-state index is 0.137. The van der Waals surface area contributed by atoms with E-state index in [0.29, 0.717) is 0 Å². The van der Waals surface area contributed by atoms with Crippen LogP contribution in [0.2, 0.25) is 6.43 Å². The van der Waals surface area contributed by atoms with Gasteiger partial charge in [-0.15, -0.1) is 0 Å². The van der Waals surface area contributed by atoms with Gasteiger partial charge in [-0.05, 0) is 64.2 Å². The molecule has 9 nitrogen and oxygen atoms in total. The highest BCUT2D eigenvalue weighted by Crippen LogP contribution is 2.37. The number of ether oxygens (including phenoxy) is 2. The van der Waals surface area contributed by atoms with Gasteiger partial charge in [-0.25, -0.2) is 0 Å². The molecule has 2 N–H and O–H groups in total. The van der Waals surface area contributed by atoms with E-state index in [-0.39, 0.29) is 11.0 Å². The highest BCUT2D eigenvalue weighted by molar-refractivity contribution is 6.32. The number of aromatic nitrogens is 2. The normalized spacial score (nSPS) is 18.9. The minimum atomic E-state index is -3.13. The van der Waals surface area contributed by atoms with Gasteiger partial charge in [-0.2, -0.15) is 5.26 Å². The van der Waals surface area contributed by atoms with Crippen molar-refractivity contribution in [3.63, 3.8) is 0 Å². The van der Waals surface area contributed by atoms with Gasteiger partial charge in [0, 0.05) is 44.3 Å². The monoisotopic (exact) mass is 588 g/mol. The highest BCUT2D eigenvalue weighted by Gasteiger charge is 2.16. The second-order valence-electron chi connectivity index (χ2n) is 7.86. The molecule has 4 rings (SSSR count). The van der Waals surface area contributed by atoms with Crippen molar-refractivity contribution in [2.45, 2.75) is 20.4 Å². The van der Waals surface area contributed by atoms with Gasteiger partial charge in [-0.1, -0.05) is 23.7 Å². The molecule has 41 heavy (non-hydrogen) atoms. The molecule has 0 radical (unpaired) electrons. The molecule has 210 valence electrons. The van der Waals surface area contributed by atoms with Gasteiger partial charge in [-0.3, -0.25) is 14.8 Å². The summed E-state index contributed by atoms with van der Waals surface area (Å²) >= 11 is 6.41. The molecule has 0 aliphatic heterocycles. The zero-order chi connectivity index (χ0) is 45.2. The van der Waals surface area contributed by atoms with E-state index < -0.39 is 148 Å². The molecule has 2 aromatic heterocycles. The summed E-state index contributed by atoms with van der Waals surface area (Å²) in [6, 6.07) is -7.88. The van der Waals surface area contributed by atoms with Crippen molar-refractivity contribution in [2.24, 2.45) is 0 Å². The number of halogens is 1. The highest BCUT2D eigenvalue weighted by atomic mass is 35.5. The first-order valence-electron chi connectivity index (χ1n) is 20.3. The van der Waals surface area contributed by atoms with Crippen LogP contribution in [0.3, 0.4) is 0 Å². The molecule has 0 aliphatic rings. The topological polar surface area (TPSA) is 112 Å². The summed E-state index contributed by atoms with van der Waals surface area (Å²) in [7, 11) is 2.40. The number of fused-ring (bicyclic) bond motifs is 1. The standard InChI is InChI=1S/C31H31ClN6O3/c1-5-40-29-16-26-24(15-27(29)37-30(39)10-7-13-38(3)4)31(21(17-33)18-34-26)36-22-11-12-28(25(32)14-22)41-19-23-9-6-8-20(2)35-23/h6-12,14-16,18H,5,13,19H2,1-4H3,(H,34,36)(H,37,39)/b10-7+/i5D2,6D,7D,8D,9D,10D,11D,12D,13D2,14D,15D,16D,18D,19D2/hD. The maximum atomic E-state index is 13.5. The summed E-state index contributed by atoms with van der Waals surface area (Å²) in [6.07, 6.45) is -0.890. The molecular weight excluding hydrogens is 540 g/mol. The van der Waals surface area contributed by atoms with Crippen LogP contribution in [0.25, 0.3) is 10.9 Å². The number of hydrogen-bond donors (Lipinski definition) is 2. The van der Waals surface area contributed by atoms with Crippen LogP contribution in [0.1, 0.15) is 47.2 Å². The van der Waals surface area contributed by atoms with Crippen LogP contribution in [0.15, 0.2) is 66.6 Å². The van der Waals surface area contributed by atoms with Gasteiger partial charge in [0.1, 0.15) is 24.1 Å². The first kappa shape index (κ1) is 13.8. The fourth-order valence-electron chi connectivity index (χ4n) is 2.99. The van der Waals surface area contributed by atoms with Crippen LogP contribution in [-0.2, 0) is 11.4 Å². The fourth-order valence-corrected chi connectivity index (χ4v) is 3.17. The summed E-state index contributed by atoms with van der Waals surface area (Å²) in [6.45, 7) is -6.41. The van der Waals surface area contributed by atoms with Gasteiger partial charge >= 0.3 is 0 Å². The Labute approximate surface area is 269 Å². The van der Waals surface area contributed by atoms with E-state index in [1.165, 1.54) is 21.0 Å². The van der Waals surface area contributed by atoms with E-state index in [9.17, 15) is 10.1 Å². The SMILES string of the molecule is [2H]/C(C(=O)N([2H])c1c(OC([2H])([2H])C)c([2H])c2nc([2H])c(C#N)c(Nc3c([2H])c([2H])c(OC([2H])([2H])c4nc(C)c([2H])c([2H])c4[2H])c(Cl)c3[2H])c2c1[2H])=C(/[2H])C([2H])([2H])N(C)C. The third-order valence-electron chi connectivity index (χ3n) is 4.62. The van der Waals surface area contributed by atoms with Crippen LogP contribution in [0.5, 0.6) is 11.5 Å². The molecule has 0 saturated carbocycles. The molecule has 0 aliphatic carbocycles. The average Bonchev–Trinajstić information content (AvgIpc) is 3.14. The summed E-state index contributed by atoms with van der Waals surface area (Å²) in [4.78, 5) is 22.1. The van der Waals surface area contributed by atoms with E-state index in [4.69, 9.17) is 45.8 Å². The maximum absolute atomic E-state index is 13.5. The van der Waals surface area contributed by atoms with Crippen LogP contribution < -0.4 is 20.1 Å². The number of nitrogens with one attached hydrogen (secondary N) is 2.